The molecule has 1 N–H and O–H groups in total. The van der Waals surface area contributed by atoms with Crippen LogP contribution in [-0.2, 0) is 14.8 Å². The molecule has 1 aromatic carbocycles. The number of amides is 1. The Hall–Kier alpha value is -0.530. The van der Waals surface area contributed by atoms with E-state index in [4.69, 9.17) is 34.8 Å². The molecule has 0 bridgehead atoms. The van der Waals surface area contributed by atoms with Crippen LogP contribution in [0.3, 0.4) is 0 Å². The van der Waals surface area contributed by atoms with Gasteiger partial charge in [-0.05, 0) is 44.4 Å². The first-order valence-electron chi connectivity index (χ1n) is 7.57. The highest BCUT2D eigenvalue weighted by molar-refractivity contribution is 7.89. The Kier molecular flexibility index (Phi) is 4.58. The fourth-order valence-corrected chi connectivity index (χ4v) is 5.49. The van der Waals surface area contributed by atoms with Gasteiger partial charge >= 0.3 is 0 Å². The summed E-state index contributed by atoms with van der Waals surface area (Å²) in [7, 11) is -3.67. The van der Waals surface area contributed by atoms with Crippen molar-refractivity contribution in [1.29, 1.82) is 0 Å². The summed E-state index contributed by atoms with van der Waals surface area (Å²) in [4.78, 5) is 12.3. The van der Waals surface area contributed by atoms with E-state index in [1.165, 1.54) is 16.4 Å². The van der Waals surface area contributed by atoms with Crippen LogP contribution >= 0.6 is 34.8 Å². The summed E-state index contributed by atoms with van der Waals surface area (Å²) in [5, 5.41) is 2.81. The van der Waals surface area contributed by atoms with Gasteiger partial charge in [0.25, 0.3) is 0 Å². The molecular weight excluding hydrogens is 395 g/mol. The zero-order valence-electron chi connectivity index (χ0n) is 13.0. The van der Waals surface area contributed by atoms with Gasteiger partial charge in [0, 0.05) is 18.8 Å². The molecule has 0 aromatic heterocycles. The Bertz CT molecular complexity index is 791. The first kappa shape index (κ1) is 18.3. The van der Waals surface area contributed by atoms with Crippen LogP contribution in [0.25, 0.3) is 0 Å². The average Bonchev–Trinajstić information content (AvgIpc) is 2.90. The van der Waals surface area contributed by atoms with E-state index in [9.17, 15) is 13.2 Å². The summed E-state index contributed by atoms with van der Waals surface area (Å²) < 4.78 is 25.7. The van der Waals surface area contributed by atoms with Gasteiger partial charge in [-0.15, -0.1) is 23.2 Å². The molecular formula is C15H17Cl3N2O3S. The molecule has 24 heavy (non-hydrogen) atoms. The van der Waals surface area contributed by atoms with Crippen LogP contribution in [0.1, 0.15) is 26.2 Å². The lowest BCUT2D eigenvalue weighted by molar-refractivity contribution is -0.120. The van der Waals surface area contributed by atoms with Crippen molar-refractivity contribution >= 4 is 56.4 Å². The predicted molar refractivity (Wildman–Crippen MR) is 95.2 cm³/mol. The van der Waals surface area contributed by atoms with Crippen molar-refractivity contribution in [3.05, 3.63) is 23.2 Å². The molecule has 132 valence electrons. The van der Waals surface area contributed by atoms with Gasteiger partial charge in [-0.1, -0.05) is 11.6 Å². The molecule has 1 amide bonds. The van der Waals surface area contributed by atoms with E-state index in [0.29, 0.717) is 25.2 Å². The minimum Gasteiger partial charge on any atom is -0.325 e. The molecule has 1 aliphatic carbocycles. The third-order valence-electron chi connectivity index (χ3n) is 4.63. The molecule has 3 rings (SSSR count). The minimum absolute atomic E-state index is 0.00664. The molecule has 2 fully saturated rings. The van der Waals surface area contributed by atoms with Crippen molar-refractivity contribution in [3.8, 4) is 0 Å². The van der Waals surface area contributed by atoms with Gasteiger partial charge in [-0.25, -0.2) is 8.42 Å². The van der Waals surface area contributed by atoms with Gasteiger partial charge in [0.05, 0.1) is 10.4 Å². The second-order valence-electron chi connectivity index (χ2n) is 6.42. The molecule has 1 atom stereocenters. The van der Waals surface area contributed by atoms with Crippen LogP contribution in [0, 0.1) is 5.41 Å². The van der Waals surface area contributed by atoms with Gasteiger partial charge < -0.3 is 5.32 Å². The topological polar surface area (TPSA) is 66.5 Å². The fraction of sp³-hybridized carbons (Fsp3) is 0.533. The lowest BCUT2D eigenvalue weighted by Gasteiger charge is -2.18. The Morgan fingerprint density at radius 2 is 1.83 bits per heavy atom. The highest BCUT2D eigenvalue weighted by Crippen LogP contribution is 2.64. The molecule has 0 radical (unpaired) electrons. The maximum absolute atomic E-state index is 12.7. The lowest BCUT2D eigenvalue weighted by atomic mass is 10.1. The van der Waals surface area contributed by atoms with Crippen molar-refractivity contribution in [3.63, 3.8) is 0 Å². The number of hydrogen-bond acceptors (Lipinski definition) is 3. The summed E-state index contributed by atoms with van der Waals surface area (Å²) in [6.45, 7) is 2.63. The zero-order valence-corrected chi connectivity index (χ0v) is 16.1. The van der Waals surface area contributed by atoms with Gasteiger partial charge in [-0.2, -0.15) is 4.31 Å². The van der Waals surface area contributed by atoms with Crippen molar-refractivity contribution in [2.24, 2.45) is 5.41 Å². The molecule has 5 nitrogen and oxygen atoms in total. The third-order valence-corrected chi connectivity index (χ3v) is 8.11. The molecule has 0 unspecified atom stereocenters. The quantitative estimate of drug-likeness (QED) is 0.769. The van der Waals surface area contributed by atoms with Gasteiger partial charge in [0.2, 0.25) is 15.9 Å². The molecule has 9 heteroatoms. The summed E-state index contributed by atoms with van der Waals surface area (Å²) >= 11 is 18.1. The van der Waals surface area contributed by atoms with Crippen molar-refractivity contribution in [2.75, 3.05) is 18.4 Å². The SMILES string of the molecule is C[C@@]1(C(=O)Nc2ccc(Cl)c(S(=O)(=O)N3CCCC3)c2)CC1(Cl)Cl. The maximum atomic E-state index is 12.7. The van der Waals surface area contributed by atoms with Crippen LogP contribution in [0.4, 0.5) is 5.69 Å². The Morgan fingerprint density at radius 1 is 1.25 bits per heavy atom. The van der Waals surface area contributed by atoms with Gasteiger partial charge in [-0.3, -0.25) is 4.79 Å². The van der Waals surface area contributed by atoms with Crippen LogP contribution in [-0.4, -0.2) is 36.1 Å². The molecule has 1 saturated carbocycles. The summed E-state index contributed by atoms with van der Waals surface area (Å²) in [5.41, 5.74) is -0.538. The monoisotopic (exact) mass is 410 g/mol. The molecule has 1 heterocycles. The lowest BCUT2D eigenvalue weighted by Crippen LogP contribution is -2.29. The number of alkyl halides is 2. The molecule has 1 aromatic rings. The number of rotatable bonds is 4. The second-order valence-corrected chi connectivity index (χ2v) is 10.2. The van der Waals surface area contributed by atoms with E-state index in [1.54, 1.807) is 13.0 Å². The Balaban J connectivity index is 1.86. The number of sulfonamides is 1. The number of nitrogens with zero attached hydrogens (tertiary/aromatic N) is 1. The number of carbonyl (C=O) groups is 1. The molecule has 1 saturated heterocycles. The number of hydrogen-bond donors (Lipinski definition) is 1. The standard InChI is InChI=1S/C15H17Cl3N2O3S/c1-14(9-15(14,17)18)13(21)19-10-4-5-11(16)12(8-10)24(22,23)20-6-2-3-7-20/h4-5,8H,2-3,6-7,9H2,1H3,(H,19,21)/t14-/m0/s1. The average molecular weight is 412 g/mol. The molecule has 2 aliphatic rings. The Morgan fingerprint density at radius 3 is 2.38 bits per heavy atom. The van der Waals surface area contributed by atoms with E-state index in [1.807, 2.05) is 0 Å². The fourth-order valence-electron chi connectivity index (χ4n) is 2.76. The van der Waals surface area contributed by atoms with Gasteiger partial charge in [0.1, 0.15) is 9.23 Å². The van der Waals surface area contributed by atoms with Crippen LogP contribution in [0.2, 0.25) is 5.02 Å². The number of anilines is 1. The zero-order chi connectivity index (χ0) is 17.8. The highest BCUT2D eigenvalue weighted by atomic mass is 35.5. The van der Waals surface area contributed by atoms with Crippen LogP contribution < -0.4 is 5.32 Å². The van der Waals surface area contributed by atoms with Crippen LogP contribution in [0.5, 0.6) is 0 Å². The number of benzene rings is 1. The molecule has 0 spiro atoms. The van der Waals surface area contributed by atoms with Crippen molar-refractivity contribution in [1.82, 2.24) is 4.31 Å². The first-order chi connectivity index (χ1) is 11.1. The van der Waals surface area contributed by atoms with Gasteiger partial charge in [0.15, 0.2) is 0 Å². The maximum Gasteiger partial charge on any atom is 0.244 e. The summed E-state index contributed by atoms with van der Waals surface area (Å²) in [6, 6.07) is 4.40. The molecule has 1 aliphatic heterocycles. The normalized spacial score (nSPS) is 26.3. The van der Waals surface area contributed by atoms with Crippen molar-refractivity contribution in [2.45, 2.75) is 35.4 Å². The largest absolute Gasteiger partial charge is 0.325 e. The third kappa shape index (κ3) is 3.03. The Labute approximate surface area is 156 Å². The number of carbonyl (C=O) groups excluding carboxylic acids is 1. The summed E-state index contributed by atoms with van der Waals surface area (Å²) in [5.74, 6) is -0.348. The smallest absolute Gasteiger partial charge is 0.244 e. The van der Waals surface area contributed by atoms with E-state index in [0.717, 1.165) is 12.8 Å². The van der Waals surface area contributed by atoms with E-state index in [-0.39, 0.29) is 15.8 Å². The predicted octanol–water partition coefficient (Wildman–Crippen LogP) is 3.65. The number of halogens is 3. The van der Waals surface area contributed by atoms with E-state index >= 15 is 0 Å². The first-order valence-corrected chi connectivity index (χ1v) is 10.1. The van der Waals surface area contributed by atoms with Crippen LogP contribution in [0.15, 0.2) is 23.1 Å². The minimum atomic E-state index is -3.67. The highest BCUT2D eigenvalue weighted by Gasteiger charge is 2.67. The summed E-state index contributed by atoms with van der Waals surface area (Å²) in [6.07, 6.45) is 2.01. The van der Waals surface area contributed by atoms with E-state index < -0.39 is 19.8 Å². The number of nitrogens with one attached hydrogen (secondary N) is 1. The van der Waals surface area contributed by atoms with E-state index in [2.05, 4.69) is 5.32 Å². The second kappa shape index (κ2) is 6.02. The van der Waals surface area contributed by atoms with Crippen molar-refractivity contribution < 1.29 is 13.2 Å².